The Morgan fingerprint density at radius 2 is 1.38 bits per heavy atom. The van der Waals surface area contributed by atoms with Crippen LogP contribution in [-0.4, -0.2) is 6.29 Å². The summed E-state index contributed by atoms with van der Waals surface area (Å²) in [4.78, 5) is 10.6. The predicted octanol–water partition coefficient (Wildman–Crippen LogP) is 4.86. The number of hydrogen-bond donors (Lipinski definition) is 0. The Labute approximate surface area is 150 Å². The summed E-state index contributed by atoms with van der Waals surface area (Å²) < 4.78 is 17.7. The highest BCUT2D eigenvalue weighted by atomic mass is 19.1. The van der Waals surface area contributed by atoms with E-state index in [0.29, 0.717) is 28.2 Å². The summed E-state index contributed by atoms with van der Waals surface area (Å²) in [6.07, 6.45) is 0.769. The molecule has 0 unspecified atom stereocenters. The van der Waals surface area contributed by atoms with Crippen molar-refractivity contribution in [2.45, 2.75) is 0 Å². The first-order valence-corrected chi connectivity index (χ1v) is 7.53. The van der Waals surface area contributed by atoms with Crippen LogP contribution in [0, 0.1) is 28.5 Å². The van der Waals surface area contributed by atoms with Gasteiger partial charge >= 0.3 is 0 Å². The van der Waals surface area contributed by atoms with Gasteiger partial charge in [-0.3, -0.25) is 4.79 Å². The van der Waals surface area contributed by atoms with Crippen LogP contribution < -0.4 is 4.74 Å². The molecule has 0 heterocycles. The van der Waals surface area contributed by atoms with Crippen molar-refractivity contribution in [1.29, 1.82) is 10.5 Å². The average Bonchev–Trinajstić information content (AvgIpc) is 2.70. The molecule has 3 aromatic rings. The van der Waals surface area contributed by atoms with Gasteiger partial charge in [-0.2, -0.15) is 10.5 Å². The third kappa shape index (κ3) is 5.59. The number of nitrogens with zero attached hydrogens (tertiary/aromatic N) is 2. The summed E-state index contributed by atoms with van der Waals surface area (Å²) in [6, 6.07) is 23.0. The van der Waals surface area contributed by atoms with Crippen molar-refractivity contribution in [3.63, 3.8) is 0 Å². The number of carbonyl (C=O) groups is 1. The summed E-state index contributed by atoms with van der Waals surface area (Å²) in [7, 11) is 0. The van der Waals surface area contributed by atoms with Crippen LogP contribution in [0.15, 0.2) is 72.8 Å². The van der Waals surface area contributed by atoms with E-state index in [1.165, 1.54) is 24.3 Å². The van der Waals surface area contributed by atoms with Gasteiger partial charge in [-0.05, 0) is 60.7 Å². The van der Waals surface area contributed by atoms with E-state index in [0.717, 1.165) is 6.29 Å². The maximum absolute atomic E-state index is 12.1. The molecule has 0 spiro atoms. The fraction of sp³-hybridized carbons (Fsp3) is 0. The van der Waals surface area contributed by atoms with E-state index in [1.54, 1.807) is 48.5 Å². The predicted molar refractivity (Wildman–Crippen MR) is 94.2 cm³/mol. The van der Waals surface area contributed by atoms with Gasteiger partial charge in [0.05, 0.1) is 23.3 Å². The van der Waals surface area contributed by atoms with Crippen molar-refractivity contribution in [2.24, 2.45) is 0 Å². The lowest BCUT2D eigenvalue weighted by atomic mass is 10.2. The number of rotatable bonds is 3. The molecule has 0 radical (unpaired) electrons. The van der Waals surface area contributed by atoms with Crippen molar-refractivity contribution < 1.29 is 13.9 Å². The number of benzene rings is 3. The average molecular weight is 344 g/mol. The van der Waals surface area contributed by atoms with E-state index >= 15 is 0 Å². The van der Waals surface area contributed by atoms with Crippen molar-refractivity contribution >= 4 is 6.29 Å². The Balaban J connectivity index is 0.000000228. The molecule has 0 aromatic heterocycles. The fourth-order valence-corrected chi connectivity index (χ4v) is 1.91. The maximum Gasteiger partial charge on any atom is 0.150 e. The third-order valence-corrected chi connectivity index (χ3v) is 3.19. The van der Waals surface area contributed by atoms with Gasteiger partial charge in [0, 0.05) is 5.56 Å². The SMILES string of the molecule is N#Cc1ccc(F)cc1.N#Cc1ccc(Oc2cccc(C=O)c2)cc1. The molecule has 3 rings (SSSR count). The summed E-state index contributed by atoms with van der Waals surface area (Å²) in [5.41, 5.74) is 1.63. The molecular formula is C21H13FN2O2. The fourth-order valence-electron chi connectivity index (χ4n) is 1.91. The van der Waals surface area contributed by atoms with E-state index in [-0.39, 0.29) is 5.82 Å². The van der Waals surface area contributed by atoms with Crippen LogP contribution in [-0.2, 0) is 0 Å². The van der Waals surface area contributed by atoms with Crippen molar-refractivity contribution in [2.75, 3.05) is 0 Å². The lowest BCUT2D eigenvalue weighted by molar-refractivity contribution is 0.112. The van der Waals surface area contributed by atoms with E-state index in [2.05, 4.69) is 0 Å². The van der Waals surface area contributed by atoms with Crippen LogP contribution in [0.1, 0.15) is 21.5 Å². The first-order chi connectivity index (χ1) is 12.6. The largest absolute Gasteiger partial charge is 0.457 e. The van der Waals surface area contributed by atoms with Gasteiger partial charge in [0.25, 0.3) is 0 Å². The molecule has 0 aliphatic rings. The van der Waals surface area contributed by atoms with Crippen LogP contribution in [0.25, 0.3) is 0 Å². The molecule has 26 heavy (non-hydrogen) atoms. The van der Waals surface area contributed by atoms with E-state index in [4.69, 9.17) is 15.3 Å². The minimum atomic E-state index is -0.311. The smallest absolute Gasteiger partial charge is 0.150 e. The summed E-state index contributed by atoms with van der Waals surface area (Å²) >= 11 is 0. The molecule has 3 aromatic carbocycles. The Hall–Kier alpha value is -3.96. The minimum Gasteiger partial charge on any atom is -0.457 e. The molecule has 0 amide bonds. The number of halogens is 1. The van der Waals surface area contributed by atoms with Gasteiger partial charge in [0.1, 0.15) is 23.6 Å². The normalized spacial score (nSPS) is 9.04. The molecule has 0 bridgehead atoms. The van der Waals surface area contributed by atoms with Crippen molar-refractivity contribution in [3.8, 4) is 23.6 Å². The van der Waals surface area contributed by atoms with Crippen LogP contribution in [0.5, 0.6) is 11.5 Å². The second-order valence-corrected chi connectivity index (χ2v) is 5.05. The zero-order chi connectivity index (χ0) is 18.8. The number of aldehydes is 1. The van der Waals surface area contributed by atoms with Gasteiger partial charge in [0.2, 0.25) is 0 Å². The molecule has 0 aliphatic carbocycles. The number of carbonyl (C=O) groups excluding carboxylic acids is 1. The highest BCUT2D eigenvalue weighted by Crippen LogP contribution is 2.22. The van der Waals surface area contributed by atoms with Crippen LogP contribution in [0.2, 0.25) is 0 Å². The molecule has 0 saturated heterocycles. The van der Waals surface area contributed by atoms with Gasteiger partial charge in [-0.1, -0.05) is 12.1 Å². The van der Waals surface area contributed by atoms with E-state index in [1.807, 2.05) is 12.1 Å². The Morgan fingerprint density at radius 1 is 0.808 bits per heavy atom. The van der Waals surface area contributed by atoms with Crippen LogP contribution in [0.4, 0.5) is 4.39 Å². The van der Waals surface area contributed by atoms with Gasteiger partial charge in [-0.15, -0.1) is 0 Å². The zero-order valence-corrected chi connectivity index (χ0v) is 13.6. The molecule has 126 valence electrons. The van der Waals surface area contributed by atoms with Crippen LogP contribution >= 0.6 is 0 Å². The van der Waals surface area contributed by atoms with Crippen LogP contribution in [0.3, 0.4) is 0 Å². The molecule has 5 heteroatoms. The molecule has 0 N–H and O–H groups in total. The molecule has 0 saturated carbocycles. The monoisotopic (exact) mass is 344 g/mol. The Bertz CT molecular complexity index is 953. The zero-order valence-electron chi connectivity index (χ0n) is 13.6. The number of nitriles is 2. The first-order valence-electron chi connectivity index (χ1n) is 7.53. The highest BCUT2D eigenvalue weighted by molar-refractivity contribution is 5.75. The van der Waals surface area contributed by atoms with Gasteiger partial charge in [0.15, 0.2) is 0 Å². The molecular weight excluding hydrogens is 331 g/mol. The minimum absolute atomic E-state index is 0.311. The van der Waals surface area contributed by atoms with Crippen molar-refractivity contribution in [3.05, 3.63) is 95.3 Å². The molecule has 0 aliphatic heterocycles. The highest BCUT2D eigenvalue weighted by Gasteiger charge is 1.99. The second-order valence-electron chi connectivity index (χ2n) is 5.05. The molecule has 4 nitrogen and oxygen atoms in total. The van der Waals surface area contributed by atoms with Gasteiger partial charge in [-0.25, -0.2) is 4.39 Å². The first kappa shape index (κ1) is 18.4. The Kier molecular flexibility index (Phi) is 6.62. The summed E-state index contributed by atoms with van der Waals surface area (Å²) in [6.45, 7) is 0. The van der Waals surface area contributed by atoms with E-state index in [9.17, 15) is 9.18 Å². The van der Waals surface area contributed by atoms with Crippen molar-refractivity contribution in [1.82, 2.24) is 0 Å². The quantitative estimate of drug-likeness (QED) is 0.636. The summed E-state index contributed by atoms with van der Waals surface area (Å²) in [5, 5.41) is 16.9. The lowest BCUT2D eigenvalue weighted by Crippen LogP contribution is -1.86. The molecule has 0 fully saturated rings. The number of ether oxygens (including phenoxy) is 1. The topological polar surface area (TPSA) is 73.9 Å². The third-order valence-electron chi connectivity index (χ3n) is 3.19. The van der Waals surface area contributed by atoms with E-state index < -0.39 is 0 Å². The van der Waals surface area contributed by atoms with Gasteiger partial charge < -0.3 is 4.74 Å². The Morgan fingerprint density at radius 3 is 1.92 bits per heavy atom. The number of hydrogen-bond acceptors (Lipinski definition) is 4. The summed E-state index contributed by atoms with van der Waals surface area (Å²) in [5.74, 6) is 0.917. The standard InChI is InChI=1S/C14H9NO2.C7H4FN/c15-9-11-4-6-13(7-5-11)17-14-3-1-2-12(8-14)10-16;8-7-3-1-6(5-9)2-4-7/h1-8,10H;1-4H. The lowest BCUT2D eigenvalue weighted by Gasteiger charge is -2.05. The maximum atomic E-state index is 12.1. The second kappa shape index (κ2) is 9.36. The molecule has 0 atom stereocenters.